The lowest BCUT2D eigenvalue weighted by Crippen LogP contribution is -2.15. The van der Waals surface area contributed by atoms with Gasteiger partial charge in [-0.3, -0.25) is 0 Å². The number of para-hydroxylation sites is 1. The fraction of sp³-hybridized carbons (Fsp3) is 0.250. The zero-order valence-corrected chi connectivity index (χ0v) is 9.29. The van der Waals surface area contributed by atoms with Crippen LogP contribution >= 0.6 is 0 Å². The number of carboxylic acid groups (broad SMARTS) is 1. The van der Waals surface area contributed by atoms with Gasteiger partial charge in [0, 0.05) is 11.9 Å². The Morgan fingerprint density at radius 3 is 2.76 bits per heavy atom. The highest BCUT2D eigenvalue weighted by Crippen LogP contribution is 2.30. The molecule has 2 rings (SSSR count). The van der Waals surface area contributed by atoms with E-state index in [1.165, 1.54) is 6.07 Å². The number of benzene rings is 1. The summed E-state index contributed by atoms with van der Waals surface area (Å²) in [5, 5.41) is 28.9. The normalized spacial score (nSPS) is 12.8. The van der Waals surface area contributed by atoms with E-state index in [4.69, 9.17) is 5.11 Å². The predicted molar refractivity (Wildman–Crippen MR) is 61.9 cm³/mol. The highest BCUT2D eigenvalue weighted by molar-refractivity contribution is 5.88. The van der Waals surface area contributed by atoms with Gasteiger partial charge in [0.2, 0.25) is 0 Å². The van der Waals surface area contributed by atoms with Gasteiger partial charge in [-0.05, 0) is 19.1 Å². The molecular formula is C12H13NO4. The molecular weight excluding hydrogens is 222 g/mol. The molecule has 2 aromatic rings. The van der Waals surface area contributed by atoms with Crippen LogP contribution in [0.1, 0.15) is 18.7 Å². The molecule has 17 heavy (non-hydrogen) atoms. The summed E-state index contributed by atoms with van der Waals surface area (Å²) in [6.45, 7) is 2.30. The molecule has 0 bridgehead atoms. The number of carboxylic acids is 1. The van der Waals surface area contributed by atoms with E-state index in [0.29, 0.717) is 17.4 Å². The van der Waals surface area contributed by atoms with Crippen LogP contribution in [0.15, 0.2) is 24.3 Å². The molecule has 0 aliphatic heterocycles. The number of aliphatic hydroxyl groups is 1. The third-order valence-electron chi connectivity index (χ3n) is 2.76. The van der Waals surface area contributed by atoms with E-state index < -0.39 is 12.1 Å². The third kappa shape index (κ3) is 1.74. The van der Waals surface area contributed by atoms with Crippen LogP contribution in [0.4, 0.5) is 0 Å². The van der Waals surface area contributed by atoms with E-state index in [0.717, 1.165) is 0 Å². The Labute approximate surface area is 97.5 Å². The molecule has 1 atom stereocenters. The minimum Gasteiger partial charge on any atom is -0.506 e. The van der Waals surface area contributed by atoms with Gasteiger partial charge in [-0.2, -0.15) is 0 Å². The summed E-state index contributed by atoms with van der Waals surface area (Å²) in [6.07, 6.45) is -1.58. The van der Waals surface area contributed by atoms with Crippen molar-refractivity contribution in [2.45, 2.75) is 19.6 Å². The molecule has 0 radical (unpaired) electrons. The molecule has 1 heterocycles. The number of nitrogens with zero attached hydrogens (tertiary/aromatic N) is 1. The third-order valence-corrected chi connectivity index (χ3v) is 2.76. The number of aromatic hydroxyl groups is 1. The number of aliphatic hydroxyl groups excluding tert-OH is 1. The average molecular weight is 235 g/mol. The number of hydrogen-bond donors (Lipinski definition) is 3. The maximum absolute atomic E-state index is 10.8. The van der Waals surface area contributed by atoms with Crippen molar-refractivity contribution in [3.05, 3.63) is 30.0 Å². The van der Waals surface area contributed by atoms with E-state index in [1.807, 2.05) is 6.92 Å². The van der Waals surface area contributed by atoms with E-state index >= 15 is 0 Å². The summed E-state index contributed by atoms with van der Waals surface area (Å²) < 4.78 is 1.60. The summed E-state index contributed by atoms with van der Waals surface area (Å²) in [4.78, 5) is 10.8. The van der Waals surface area contributed by atoms with Crippen LogP contribution in [0.25, 0.3) is 10.9 Å². The van der Waals surface area contributed by atoms with Gasteiger partial charge in [0.25, 0.3) is 0 Å². The maximum Gasteiger partial charge on any atom is 0.338 e. The number of rotatable bonds is 3. The molecule has 90 valence electrons. The minimum atomic E-state index is -1.58. The quantitative estimate of drug-likeness (QED) is 0.752. The van der Waals surface area contributed by atoms with Crippen molar-refractivity contribution in [1.82, 2.24) is 4.57 Å². The summed E-state index contributed by atoms with van der Waals surface area (Å²) >= 11 is 0. The molecule has 0 aliphatic carbocycles. The van der Waals surface area contributed by atoms with Gasteiger partial charge in [0.05, 0.1) is 11.2 Å². The lowest BCUT2D eigenvalue weighted by molar-refractivity contribution is -0.147. The molecule has 1 unspecified atom stereocenters. The predicted octanol–water partition coefficient (Wildman–Crippen LogP) is 1.48. The second-order valence-electron chi connectivity index (χ2n) is 3.77. The lowest BCUT2D eigenvalue weighted by Gasteiger charge is -2.10. The van der Waals surface area contributed by atoms with Gasteiger partial charge < -0.3 is 19.9 Å². The first kappa shape index (κ1) is 11.5. The average Bonchev–Trinajstić information content (AvgIpc) is 2.67. The lowest BCUT2D eigenvalue weighted by atomic mass is 10.2. The number of carbonyl (C=O) groups is 1. The zero-order valence-electron chi connectivity index (χ0n) is 9.29. The van der Waals surface area contributed by atoms with Crippen molar-refractivity contribution in [3.8, 4) is 5.75 Å². The minimum absolute atomic E-state index is 0.0770. The Morgan fingerprint density at radius 1 is 1.47 bits per heavy atom. The van der Waals surface area contributed by atoms with Crippen molar-refractivity contribution < 1.29 is 20.1 Å². The van der Waals surface area contributed by atoms with Gasteiger partial charge in [-0.1, -0.05) is 12.1 Å². The Balaban J connectivity index is 2.73. The summed E-state index contributed by atoms with van der Waals surface area (Å²) in [5.74, 6) is -1.23. The highest BCUT2D eigenvalue weighted by atomic mass is 16.4. The van der Waals surface area contributed by atoms with Crippen molar-refractivity contribution in [2.75, 3.05) is 0 Å². The Kier molecular flexibility index (Phi) is 2.77. The smallest absolute Gasteiger partial charge is 0.338 e. The summed E-state index contributed by atoms with van der Waals surface area (Å²) in [5.41, 5.74) is 0.821. The molecule has 3 N–H and O–H groups in total. The first-order valence-corrected chi connectivity index (χ1v) is 5.28. The Bertz CT molecular complexity index is 573. The van der Waals surface area contributed by atoms with Gasteiger partial charge in [0.15, 0.2) is 6.10 Å². The number of aryl methyl sites for hydroxylation is 1. The van der Waals surface area contributed by atoms with Gasteiger partial charge in [-0.15, -0.1) is 0 Å². The number of aromatic nitrogens is 1. The van der Waals surface area contributed by atoms with E-state index in [1.54, 1.807) is 22.8 Å². The molecule has 5 nitrogen and oxygen atoms in total. The number of aliphatic carboxylic acids is 1. The van der Waals surface area contributed by atoms with Crippen LogP contribution in [-0.2, 0) is 11.3 Å². The molecule has 0 saturated heterocycles. The van der Waals surface area contributed by atoms with E-state index in [9.17, 15) is 15.0 Å². The Hall–Kier alpha value is -2.01. The molecule has 5 heteroatoms. The molecule has 1 aromatic heterocycles. The van der Waals surface area contributed by atoms with Crippen LogP contribution in [0.2, 0.25) is 0 Å². The monoisotopic (exact) mass is 235 g/mol. The Morgan fingerprint density at radius 2 is 2.18 bits per heavy atom. The van der Waals surface area contributed by atoms with Crippen LogP contribution in [-0.4, -0.2) is 25.9 Å². The number of phenolic OH excluding ortho intramolecular Hbond substituents is 1. The highest BCUT2D eigenvalue weighted by Gasteiger charge is 2.22. The maximum atomic E-state index is 10.8. The summed E-state index contributed by atoms with van der Waals surface area (Å²) in [7, 11) is 0. The zero-order chi connectivity index (χ0) is 12.6. The molecule has 0 amide bonds. The van der Waals surface area contributed by atoms with Crippen molar-refractivity contribution >= 4 is 16.9 Å². The molecule has 0 saturated carbocycles. The summed E-state index contributed by atoms with van der Waals surface area (Å²) in [6, 6.07) is 6.55. The number of fused-ring (bicyclic) bond motifs is 1. The molecule has 0 spiro atoms. The van der Waals surface area contributed by atoms with Crippen molar-refractivity contribution in [1.29, 1.82) is 0 Å². The number of phenols is 1. The molecule has 0 fully saturated rings. The van der Waals surface area contributed by atoms with Crippen LogP contribution in [0.5, 0.6) is 5.75 Å². The van der Waals surface area contributed by atoms with Gasteiger partial charge >= 0.3 is 5.97 Å². The van der Waals surface area contributed by atoms with E-state index in [2.05, 4.69) is 0 Å². The molecule has 0 aliphatic rings. The first-order chi connectivity index (χ1) is 8.06. The van der Waals surface area contributed by atoms with Crippen molar-refractivity contribution in [2.24, 2.45) is 0 Å². The second kappa shape index (κ2) is 4.10. The van der Waals surface area contributed by atoms with Crippen LogP contribution in [0, 0.1) is 0 Å². The van der Waals surface area contributed by atoms with Crippen LogP contribution < -0.4 is 0 Å². The second-order valence-corrected chi connectivity index (χ2v) is 3.77. The fourth-order valence-corrected chi connectivity index (χ4v) is 2.02. The first-order valence-electron chi connectivity index (χ1n) is 5.28. The van der Waals surface area contributed by atoms with Crippen molar-refractivity contribution in [3.63, 3.8) is 0 Å². The van der Waals surface area contributed by atoms with Gasteiger partial charge in [0.1, 0.15) is 5.75 Å². The fourth-order valence-electron chi connectivity index (χ4n) is 2.02. The standard InChI is InChI=1S/C12H13NO4/c1-2-13-8(11(15)12(16)17)6-7-4-3-5-9(14)10(7)13/h3-6,11,14-15H,2H2,1H3,(H,16,17). The molecule has 1 aromatic carbocycles. The van der Waals surface area contributed by atoms with Gasteiger partial charge in [-0.25, -0.2) is 4.79 Å². The topological polar surface area (TPSA) is 82.7 Å². The van der Waals surface area contributed by atoms with E-state index in [-0.39, 0.29) is 11.4 Å². The largest absolute Gasteiger partial charge is 0.506 e. The number of hydrogen-bond acceptors (Lipinski definition) is 3. The SMILES string of the molecule is CCn1c(C(O)C(=O)O)cc2cccc(O)c21. The van der Waals surface area contributed by atoms with Crippen LogP contribution in [0.3, 0.4) is 0 Å².